The largest absolute Gasteiger partial charge is 0.313 e. The quantitative estimate of drug-likeness (QED) is 0.825. The summed E-state index contributed by atoms with van der Waals surface area (Å²) < 4.78 is 1.28. The predicted octanol–water partition coefficient (Wildman–Crippen LogP) is 4.90. The van der Waals surface area contributed by atoms with Crippen LogP contribution in [0, 0.1) is 11.3 Å². The van der Waals surface area contributed by atoms with Crippen LogP contribution in [0.5, 0.6) is 0 Å². The third-order valence-electron chi connectivity index (χ3n) is 5.25. The second-order valence-electron chi connectivity index (χ2n) is 7.89. The van der Waals surface area contributed by atoms with Gasteiger partial charge in [-0.2, -0.15) is 0 Å². The van der Waals surface area contributed by atoms with Crippen LogP contribution in [0.15, 0.2) is 28.7 Å². The van der Waals surface area contributed by atoms with Crippen LogP contribution >= 0.6 is 15.9 Å². The SMILES string of the molecule is CC(C)(C)C1CC(CNC2CC2)(c2ccccc2Br)C1. The lowest BCUT2D eigenvalue weighted by Gasteiger charge is -2.54. The second kappa shape index (κ2) is 5.14. The fraction of sp³-hybridized carbons (Fsp3) is 0.667. The summed E-state index contributed by atoms with van der Waals surface area (Å²) in [5.41, 5.74) is 2.29. The molecule has 2 saturated carbocycles. The molecule has 2 aliphatic carbocycles. The maximum Gasteiger partial charge on any atom is 0.0213 e. The number of rotatable bonds is 4. The van der Waals surface area contributed by atoms with E-state index in [2.05, 4.69) is 66.3 Å². The summed E-state index contributed by atoms with van der Waals surface area (Å²) in [5.74, 6) is 0.843. The van der Waals surface area contributed by atoms with E-state index in [-0.39, 0.29) is 0 Å². The standard InChI is InChI=1S/C18H26BrN/c1-17(2,3)13-10-18(11-13,12-20-14-8-9-14)15-6-4-5-7-16(15)19/h4-7,13-14,20H,8-12H2,1-3H3. The first-order valence-corrected chi connectivity index (χ1v) is 8.68. The van der Waals surface area contributed by atoms with E-state index in [1.165, 1.54) is 35.7 Å². The van der Waals surface area contributed by atoms with Crippen molar-refractivity contribution in [1.82, 2.24) is 5.32 Å². The van der Waals surface area contributed by atoms with Crippen LogP contribution < -0.4 is 5.32 Å². The zero-order valence-electron chi connectivity index (χ0n) is 12.9. The zero-order valence-corrected chi connectivity index (χ0v) is 14.5. The maximum absolute atomic E-state index is 3.78. The van der Waals surface area contributed by atoms with Gasteiger partial charge in [-0.15, -0.1) is 0 Å². The molecule has 1 nitrogen and oxygen atoms in total. The first-order chi connectivity index (χ1) is 9.41. The van der Waals surface area contributed by atoms with Crippen molar-refractivity contribution in [2.24, 2.45) is 11.3 Å². The molecule has 0 amide bonds. The molecule has 110 valence electrons. The molecule has 0 radical (unpaired) electrons. The van der Waals surface area contributed by atoms with Gasteiger partial charge in [0, 0.05) is 22.5 Å². The summed E-state index contributed by atoms with van der Waals surface area (Å²) in [6.45, 7) is 8.30. The van der Waals surface area contributed by atoms with Gasteiger partial charge in [0.15, 0.2) is 0 Å². The minimum atomic E-state index is 0.348. The zero-order chi connectivity index (χ0) is 14.4. The molecule has 1 aromatic carbocycles. The molecule has 3 rings (SSSR count). The van der Waals surface area contributed by atoms with Crippen molar-refractivity contribution < 1.29 is 0 Å². The molecular formula is C18H26BrN. The lowest BCUT2D eigenvalue weighted by molar-refractivity contribution is 0.0442. The average Bonchev–Trinajstić information content (AvgIpc) is 3.12. The highest BCUT2D eigenvalue weighted by Gasteiger charge is 2.50. The van der Waals surface area contributed by atoms with Crippen molar-refractivity contribution in [2.75, 3.05) is 6.54 Å². The summed E-state index contributed by atoms with van der Waals surface area (Å²) in [7, 11) is 0. The normalized spacial score (nSPS) is 30.1. The fourth-order valence-electron chi connectivity index (χ4n) is 3.47. The Hall–Kier alpha value is -0.340. The van der Waals surface area contributed by atoms with Gasteiger partial charge in [0.1, 0.15) is 0 Å². The lowest BCUT2D eigenvalue weighted by Crippen LogP contribution is -2.52. The molecule has 0 aliphatic heterocycles. The van der Waals surface area contributed by atoms with E-state index in [9.17, 15) is 0 Å². The molecule has 1 N–H and O–H groups in total. The van der Waals surface area contributed by atoms with Gasteiger partial charge in [0.05, 0.1) is 0 Å². The van der Waals surface area contributed by atoms with Crippen LogP contribution in [0.2, 0.25) is 0 Å². The van der Waals surface area contributed by atoms with Crippen molar-refractivity contribution in [3.8, 4) is 0 Å². The van der Waals surface area contributed by atoms with Crippen molar-refractivity contribution >= 4 is 15.9 Å². The summed E-state index contributed by atoms with van der Waals surface area (Å²) in [6, 6.07) is 9.61. The summed E-state index contributed by atoms with van der Waals surface area (Å²) in [5, 5.41) is 3.78. The Balaban J connectivity index is 1.80. The number of nitrogens with one attached hydrogen (secondary N) is 1. The highest BCUT2D eigenvalue weighted by atomic mass is 79.9. The van der Waals surface area contributed by atoms with E-state index >= 15 is 0 Å². The highest BCUT2D eigenvalue weighted by molar-refractivity contribution is 9.10. The maximum atomic E-state index is 3.78. The predicted molar refractivity (Wildman–Crippen MR) is 89.0 cm³/mol. The van der Waals surface area contributed by atoms with E-state index in [4.69, 9.17) is 0 Å². The molecule has 2 heteroatoms. The minimum Gasteiger partial charge on any atom is -0.313 e. The van der Waals surface area contributed by atoms with Gasteiger partial charge in [-0.3, -0.25) is 0 Å². The van der Waals surface area contributed by atoms with E-state index in [0.29, 0.717) is 10.8 Å². The molecule has 0 spiro atoms. The topological polar surface area (TPSA) is 12.0 Å². The Bertz CT molecular complexity index is 478. The van der Waals surface area contributed by atoms with E-state index < -0.39 is 0 Å². The molecule has 2 fully saturated rings. The molecule has 0 unspecified atom stereocenters. The third kappa shape index (κ3) is 2.82. The van der Waals surface area contributed by atoms with E-state index in [0.717, 1.165) is 18.5 Å². The van der Waals surface area contributed by atoms with Crippen LogP contribution in [0.1, 0.15) is 52.0 Å². The molecular weight excluding hydrogens is 310 g/mol. The molecule has 0 saturated heterocycles. The molecule has 0 aromatic heterocycles. The molecule has 20 heavy (non-hydrogen) atoms. The summed E-state index contributed by atoms with van der Waals surface area (Å²) in [4.78, 5) is 0. The number of hydrogen-bond donors (Lipinski definition) is 1. The van der Waals surface area contributed by atoms with Crippen LogP contribution in [-0.4, -0.2) is 12.6 Å². The van der Waals surface area contributed by atoms with E-state index in [1.54, 1.807) is 0 Å². The molecule has 0 bridgehead atoms. The van der Waals surface area contributed by atoms with Gasteiger partial charge in [-0.25, -0.2) is 0 Å². The lowest BCUT2D eigenvalue weighted by atomic mass is 9.52. The third-order valence-corrected chi connectivity index (χ3v) is 5.94. The minimum absolute atomic E-state index is 0.348. The first kappa shape index (κ1) is 14.6. The average molecular weight is 336 g/mol. The van der Waals surface area contributed by atoms with Crippen LogP contribution in [0.3, 0.4) is 0 Å². The Labute approximate surface area is 131 Å². The van der Waals surface area contributed by atoms with Gasteiger partial charge in [0.2, 0.25) is 0 Å². The Kier molecular flexibility index (Phi) is 3.75. The molecule has 2 aliphatic rings. The number of hydrogen-bond acceptors (Lipinski definition) is 1. The number of halogens is 1. The van der Waals surface area contributed by atoms with Gasteiger partial charge in [-0.05, 0) is 48.6 Å². The van der Waals surface area contributed by atoms with Crippen molar-refractivity contribution in [3.63, 3.8) is 0 Å². The van der Waals surface area contributed by atoms with Gasteiger partial charge in [0.25, 0.3) is 0 Å². The number of benzene rings is 1. The second-order valence-corrected chi connectivity index (χ2v) is 8.74. The van der Waals surface area contributed by atoms with Gasteiger partial charge in [-0.1, -0.05) is 54.9 Å². The fourth-order valence-corrected chi connectivity index (χ4v) is 4.18. The monoisotopic (exact) mass is 335 g/mol. The Morgan fingerprint density at radius 1 is 1.20 bits per heavy atom. The van der Waals surface area contributed by atoms with E-state index in [1.807, 2.05) is 0 Å². The Morgan fingerprint density at radius 2 is 1.85 bits per heavy atom. The smallest absolute Gasteiger partial charge is 0.0213 e. The summed E-state index contributed by atoms with van der Waals surface area (Å²) >= 11 is 3.77. The van der Waals surface area contributed by atoms with Crippen molar-refractivity contribution in [2.45, 2.75) is 57.9 Å². The van der Waals surface area contributed by atoms with Gasteiger partial charge < -0.3 is 5.32 Å². The van der Waals surface area contributed by atoms with Crippen LogP contribution in [0.25, 0.3) is 0 Å². The van der Waals surface area contributed by atoms with Crippen LogP contribution in [-0.2, 0) is 5.41 Å². The molecule has 1 aromatic rings. The highest BCUT2D eigenvalue weighted by Crippen LogP contribution is 2.55. The Morgan fingerprint density at radius 3 is 2.40 bits per heavy atom. The summed E-state index contributed by atoms with van der Waals surface area (Å²) in [6.07, 6.45) is 5.38. The first-order valence-electron chi connectivity index (χ1n) is 7.89. The van der Waals surface area contributed by atoms with Crippen molar-refractivity contribution in [3.05, 3.63) is 34.3 Å². The van der Waals surface area contributed by atoms with Crippen molar-refractivity contribution in [1.29, 1.82) is 0 Å². The molecule has 0 atom stereocenters. The van der Waals surface area contributed by atoms with Gasteiger partial charge >= 0.3 is 0 Å². The molecule has 0 heterocycles. The van der Waals surface area contributed by atoms with Crippen LogP contribution in [0.4, 0.5) is 0 Å².